The molecule has 0 atom stereocenters. The van der Waals surface area contributed by atoms with E-state index in [1.54, 1.807) is 6.20 Å². The first-order valence-electron chi connectivity index (χ1n) is 5.13. The number of rotatable bonds is 4. The topological polar surface area (TPSA) is 22.1 Å². The molecule has 0 radical (unpaired) electrons. The van der Waals surface area contributed by atoms with Crippen molar-refractivity contribution in [2.45, 2.75) is 6.61 Å². The fourth-order valence-corrected chi connectivity index (χ4v) is 1.35. The van der Waals surface area contributed by atoms with Crippen LogP contribution in [0.3, 0.4) is 0 Å². The van der Waals surface area contributed by atoms with Gasteiger partial charge in [-0.1, -0.05) is 43.0 Å². The maximum atomic E-state index is 5.56. The predicted molar refractivity (Wildman–Crippen MR) is 64.5 cm³/mol. The third-order valence-corrected chi connectivity index (χ3v) is 2.21. The predicted octanol–water partition coefficient (Wildman–Crippen LogP) is 3.27. The number of benzene rings is 1. The van der Waals surface area contributed by atoms with Crippen molar-refractivity contribution < 1.29 is 4.74 Å². The number of hydrogen-bond donors (Lipinski definition) is 0. The average Bonchev–Trinajstić information content (AvgIpc) is 2.38. The summed E-state index contributed by atoms with van der Waals surface area (Å²) < 4.78 is 5.56. The molecule has 2 rings (SSSR count). The molecule has 1 aromatic heterocycles. The van der Waals surface area contributed by atoms with E-state index in [9.17, 15) is 0 Å². The standard InChI is InChI=1S/C14H13NO/c1-12(14-9-5-6-10-15-14)16-11-13-7-3-2-4-8-13/h2-10H,1,11H2. The maximum absolute atomic E-state index is 5.56. The molecule has 0 aliphatic rings. The van der Waals surface area contributed by atoms with Crippen LogP contribution in [0.2, 0.25) is 0 Å². The van der Waals surface area contributed by atoms with Gasteiger partial charge in [0.2, 0.25) is 0 Å². The quantitative estimate of drug-likeness (QED) is 0.724. The number of ether oxygens (including phenoxy) is 1. The van der Waals surface area contributed by atoms with Crippen LogP contribution in [0.15, 0.2) is 61.3 Å². The fraction of sp³-hybridized carbons (Fsp3) is 0.0714. The molecule has 2 heteroatoms. The molecule has 0 unspecified atom stereocenters. The summed E-state index contributed by atoms with van der Waals surface area (Å²) in [6, 6.07) is 15.7. The van der Waals surface area contributed by atoms with E-state index < -0.39 is 0 Å². The molecule has 1 heterocycles. The Balaban J connectivity index is 1.95. The molecule has 16 heavy (non-hydrogen) atoms. The van der Waals surface area contributed by atoms with E-state index in [1.165, 1.54) is 0 Å². The molecule has 0 aliphatic heterocycles. The number of nitrogens with zero attached hydrogens (tertiary/aromatic N) is 1. The molecule has 2 aromatic rings. The van der Waals surface area contributed by atoms with Gasteiger partial charge in [0.1, 0.15) is 18.1 Å². The number of aromatic nitrogens is 1. The first kappa shape index (κ1) is 10.4. The monoisotopic (exact) mass is 211 g/mol. The zero-order valence-electron chi connectivity index (χ0n) is 8.97. The zero-order valence-corrected chi connectivity index (χ0v) is 8.97. The highest BCUT2D eigenvalue weighted by Crippen LogP contribution is 2.12. The van der Waals surface area contributed by atoms with Gasteiger partial charge in [-0.2, -0.15) is 0 Å². The minimum atomic E-state index is 0.524. The van der Waals surface area contributed by atoms with Gasteiger partial charge >= 0.3 is 0 Å². The van der Waals surface area contributed by atoms with Crippen molar-refractivity contribution in [3.63, 3.8) is 0 Å². The summed E-state index contributed by atoms with van der Waals surface area (Å²) in [6.07, 6.45) is 1.73. The third-order valence-electron chi connectivity index (χ3n) is 2.21. The minimum absolute atomic E-state index is 0.524. The molecule has 0 aliphatic carbocycles. The lowest BCUT2D eigenvalue weighted by atomic mass is 10.2. The highest BCUT2D eigenvalue weighted by Gasteiger charge is 2.00. The zero-order chi connectivity index (χ0) is 11.2. The highest BCUT2D eigenvalue weighted by molar-refractivity contribution is 5.52. The summed E-state index contributed by atoms with van der Waals surface area (Å²) in [5.41, 5.74) is 1.90. The Morgan fingerprint density at radius 2 is 1.81 bits per heavy atom. The van der Waals surface area contributed by atoms with Gasteiger partial charge in [-0.15, -0.1) is 0 Å². The van der Waals surface area contributed by atoms with E-state index in [-0.39, 0.29) is 0 Å². The first-order chi connectivity index (χ1) is 7.86. The molecule has 0 fully saturated rings. The molecule has 80 valence electrons. The minimum Gasteiger partial charge on any atom is -0.487 e. The second-order valence-electron chi connectivity index (χ2n) is 3.41. The molecule has 0 spiro atoms. The molecule has 1 aromatic carbocycles. The van der Waals surface area contributed by atoms with Crippen LogP contribution in [0.25, 0.3) is 5.76 Å². The van der Waals surface area contributed by atoms with E-state index in [2.05, 4.69) is 11.6 Å². The van der Waals surface area contributed by atoms with Gasteiger partial charge in [0.05, 0.1) is 0 Å². The third kappa shape index (κ3) is 2.70. The lowest BCUT2D eigenvalue weighted by molar-refractivity contribution is 0.264. The Bertz CT molecular complexity index is 451. The Labute approximate surface area is 95.2 Å². The smallest absolute Gasteiger partial charge is 0.138 e. The summed E-state index contributed by atoms with van der Waals surface area (Å²) in [5, 5.41) is 0. The Morgan fingerprint density at radius 3 is 2.50 bits per heavy atom. The summed E-state index contributed by atoms with van der Waals surface area (Å²) >= 11 is 0. The van der Waals surface area contributed by atoms with Crippen LogP contribution in [0.4, 0.5) is 0 Å². The number of pyridine rings is 1. The van der Waals surface area contributed by atoms with Crippen LogP contribution in [-0.2, 0) is 11.3 Å². The summed E-state index contributed by atoms with van der Waals surface area (Å²) in [4.78, 5) is 4.17. The molecule has 0 bridgehead atoms. The SMILES string of the molecule is C=C(OCc1ccccc1)c1ccccn1. The lowest BCUT2D eigenvalue weighted by Gasteiger charge is -2.08. The van der Waals surface area contributed by atoms with Crippen LogP contribution in [0.1, 0.15) is 11.3 Å². The fourth-order valence-electron chi connectivity index (χ4n) is 1.35. The van der Waals surface area contributed by atoms with E-state index in [1.807, 2.05) is 48.5 Å². The maximum Gasteiger partial charge on any atom is 0.138 e. The van der Waals surface area contributed by atoms with Crippen molar-refractivity contribution >= 4 is 5.76 Å². The van der Waals surface area contributed by atoms with Crippen molar-refractivity contribution in [2.75, 3.05) is 0 Å². The van der Waals surface area contributed by atoms with Crippen LogP contribution >= 0.6 is 0 Å². The van der Waals surface area contributed by atoms with E-state index in [4.69, 9.17) is 4.74 Å². The molecule has 2 nitrogen and oxygen atoms in total. The van der Waals surface area contributed by atoms with Gasteiger partial charge in [0, 0.05) is 6.20 Å². The Kier molecular flexibility index (Phi) is 3.34. The van der Waals surface area contributed by atoms with Crippen molar-refractivity contribution in [3.8, 4) is 0 Å². The summed E-state index contributed by atoms with van der Waals surface area (Å²) in [7, 11) is 0. The van der Waals surface area contributed by atoms with Gasteiger partial charge in [0.15, 0.2) is 0 Å². The summed E-state index contributed by atoms with van der Waals surface area (Å²) in [5.74, 6) is 0.601. The van der Waals surface area contributed by atoms with Gasteiger partial charge in [-0.3, -0.25) is 4.98 Å². The normalized spacial score (nSPS) is 9.75. The van der Waals surface area contributed by atoms with Gasteiger partial charge in [0.25, 0.3) is 0 Å². The molecular formula is C14H13NO. The number of hydrogen-bond acceptors (Lipinski definition) is 2. The Morgan fingerprint density at radius 1 is 1.06 bits per heavy atom. The second-order valence-corrected chi connectivity index (χ2v) is 3.41. The Hall–Kier alpha value is -2.09. The molecular weight excluding hydrogens is 198 g/mol. The molecule has 0 N–H and O–H groups in total. The van der Waals surface area contributed by atoms with Crippen molar-refractivity contribution in [2.24, 2.45) is 0 Å². The second kappa shape index (κ2) is 5.12. The molecule has 0 amide bonds. The van der Waals surface area contributed by atoms with Gasteiger partial charge in [-0.25, -0.2) is 0 Å². The molecule has 0 saturated carbocycles. The van der Waals surface area contributed by atoms with E-state index in [0.29, 0.717) is 12.4 Å². The highest BCUT2D eigenvalue weighted by atomic mass is 16.5. The van der Waals surface area contributed by atoms with E-state index in [0.717, 1.165) is 11.3 Å². The van der Waals surface area contributed by atoms with Crippen LogP contribution < -0.4 is 0 Å². The van der Waals surface area contributed by atoms with E-state index >= 15 is 0 Å². The molecule has 0 saturated heterocycles. The van der Waals surface area contributed by atoms with Crippen molar-refractivity contribution in [3.05, 3.63) is 72.6 Å². The van der Waals surface area contributed by atoms with Crippen molar-refractivity contribution in [1.29, 1.82) is 0 Å². The van der Waals surface area contributed by atoms with Crippen molar-refractivity contribution in [1.82, 2.24) is 4.98 Å². The van der Waals surface area contributed by atoms with Crippen LogP contribution in [-0.4, -0.2) is 4.98 Å². The van der Waals surface area contributed by atoms with Crippen LogP contribution in [0, 0.1) is 0 Å². The first-order valence-corrected chi connectivity index (χ1v) is 5.13. The lowest BCUT2D eigenvalue weighted by Crippen LogP contribution is -1.94. The summed E-state index contributed by atoms with van der Waals surface area (Å²) in [6.45, 7) is 4.38. The van der Waals surface area contributed by atoms with Gasteiger partial charge in [-0.05, 0) is 17.7 Å². The average molecular weight is 211 g/mol. The van der Waals surface area contributed by atoms with Gasteiger partial charge < -0.3 is 4.74 Å². The largest absolute Gasteiger partial charge is 0.487 e. The van der Waals surface area contributed by atoms with Crippen LogP contribution in [0.5, 0.6) is 0 Å².